The maximum absolute atomic E-state index is 15.9. The Bertz CT molecular complexity index is 1600. The van der Waals surface area contributed by atoms with Crippen LogP contribution < -0.4 is 25.8 Å². The fraction of sp³-hybridized carbons (Fsp3) is 0.222. The normalized spacial score (nSPS) is 13.3. The summed E-state index contributed by atoms with van der Waals surface area (Å²) in [5, 5.41) is 27.5. The summed E-state index contributed by atoms with van der Waals surface area (Å²) < 4.78 is 42.9. The standard InChI is InChI=1S/C27H27F2N7O6/c1-35-9-8-33-24(35)14-4-3-5-15(10-14)41-25-20(28)22(36(2)16(27(39)40)12-19(30)38)21(29)26(34-25)42-18-11-13(23(31)32)6-7-17(18)37/h3-7,10-11,16,37H,8-9,12H2,1-2H3,(H2,30,38)(H3,31,32)(H,39,40). The molecule has 0 aliphatic carbocycles. The number of aliphatic imine (C=N–C) groups is 1. The molecule has 3 aromatic rings. The van der Waals surface area contributed by atoms with E-state index in [1.807, 2.05) is 11.9 Å². The van der Waals surface area contributed by atoms with E-state index in [0.717, 1.165) is 19.2 Å². The molecule has 42 heavy (non-hydrogen) atoms. The smallest absolute Gasteiger partial charge is 0.326 e. The van der Waals surface area contributed by atoms with Gasteiger partial charge in [-0.2, -0.15) is 13.8 Å². The number of carboxylic acid groups (broad SMARTS) is 1. The molecule has 13 nitrogen and oxygen atoms in total. The number of aliphatic carboxylic acids is 1. The minimum Gasteiger partial charge on any atom is -0.504 e. The van der Waals surface area contributed by atoms with Crippen molar-refractivity contribution in [1.29, 1.82) is 5.41 Å². The second-order valence-corrected chi connectivity index (χ2v) is 9.29. The van der Waals surface area contributed by atoms with E-state index in [4.69, 9.17) is 26.4 Å². The van der Waals surface area contributed by atoms with Crippen molar-refractivity contribution in [2.45, 2.75) is 12.5 Å². The molecule has 1 unspecified atom stereocenters. The van der Waals surface area contributed by atoms with E-state index >= 15 is 8.78 Å². The number of pyridine rings is 1. The number of hydrogen-bond donors (Lipinski definition) is 5. The fourth-order valence-corrected chi connectivity index (χ4v) is 4.19. The monoisotopic (exact) mass is 583 g/mol. The average Bonchev–Trinajstić information content (AvgIpc) is 3.36. The fourth-order valence-electron chi connectivity index (χ4n) is 4.19. The Hall–Kier alpha value is -5.47. The number of anilines is 1. The molecule has 1 aliphatic heterocycles. The van der Waals surface area contributed by atoms with Crippen LogP contribution in [0.3, 0.4) is 0 Å². The van der Waals surface area contributed by atoms with Gasteiger partial charge in [0.2, 0.25) is 17.5 Å². The first-order valence-electron chi connectivity index (χ1n) is 12.4. The van der Waals surface area contributed by atoms with Gasteiger partial charge in [-0.3, -0.25) is 15.2 Å². The summed E-state index contributed by atoms with van der Waals surface area (Å²) in [5.74, 6) is -7.72. The van der Waals surface area contributed by atoms with Gasteiger partial charge in [-0.05, 0) is 30.3 Å². The first-order chi connectivity index (χ1) is 19.9. The van der Waals surface area contributed by atoms with Crippen molar-refractivity contribution in [3.63, 3.8) is 0 Å². The maximum atomic E-state index is 15.9. The van der Waals surface area contributed by atoms with E-state index in [1.165, 1.54) is 12.1 Å². The van der Waals surface area contributed by atoms with Gasteiger partial charge in [-0.25, -0.2) is 4.79 Å². The Morgan fingerprint density at radius 3 is 2.43 bits per heavy atom. The third-order valence-corrected chi connectivity index (χ3v) is 6.34. The number of amides is 1. The van der Waals surface area contributed by atoms with E-state index in [-0.39, 0.29) is 17.1 Å². The topological polar surface area (TPSA) is 201 Å². The predicted molar refractivity (Wildman–Crippen MR) is 148 cm³/mol. The number of nitrogens with one attached hydrogen (secondary N) is 1. The molecule has 4 rings (SSSR count). The molecule has 1 aliphatic rings. The van der Waals surface area contributed by atoms with Gasteiger partial charge in [-0.15, -0.1) is 0 Å². The van der Waals surface area contributed by atoms with E-state index in [2.05, 4.69) is 9.98 Å². The van der Waals surface area contributed by atoms with Gasteiger partial charge in [0.05, 0.1) is 13.0 Å². The summed E-state index contributed by atoms with van der Waals surface area (Å²) in [7, 11) is 2.90. The van der Waals surface area contributed by atoms with E-state index < -0.39 is 64.9 Å². The van der Waals surface area contributed by atoms with Crippen molar-refractivity contribution in [1.82, 2.24) is 9.88 Å². The molecule has 0 fully saturated rings. The number of phenols is 1. The number of carbonyl (C=O) groups is 2. The summed E-state index contributed by atoms with van der Waals surface area (Å²) in [4.78, 5) is 34.3. The number of nitrogens with zero attached hydrogens (tertiary/aromatic N) is 4. The van der Waals surface area contributed by atoms with Crippen LogP contribution in [-0.4, -0.2) is 76.9 Å². The van der Waals surface area contributed by atoms with Crippen LogP contribution in [0.2, 0.25) is 0 Å². The van der Waals surface area contributed by atoms with Crippen LogP contribution in [0.4, 0.5) is 14.5 Å². The number of ether oxygens (including phenoxy) is 2. The van der Waals surface area contributed by atoms with Crippen LogP contribution in [0.1, 0.15) is 17.5 Å². The lowest BCUT2D eigenvalue weighted by Gasteiger charge is -2.27. The van der Waals surface area contributed by atoms with Gasteiger partial charge in [0, 0.05) is 31.8 Å². The number of carbonyl (C=O) groups excluding carboxylic acids is 1. The summed E-state index contributed by atoms with van der Waals surface area (Å²) in [6.45, 7) is 1.30. The minimum absolute atomic E-state index is 0.0846. The van der Waals surface area contributed by atoms with Gasteiger partial charge in [0.15, 0.2) is 11.5 Å². The van der Waals surface area contributed by atoms with E-state index in [0.29, 0.717) is 29.4 Å². The predicted octanol–water partition coefficient (Wildman–Crippen LogP) is 2.39. The summed E-state index contributed by atoms with van der Waals surface area (Å²) in [6.07, 6.45) is -0.779. The van der Waals surface area contributed by atoms with Gasteiger partial charge < -0.3 is 41.0 Å². The number of nitrogen functional groups attached to an aromatic ring is 1. The highest BCUT2D eigenvalue weighted by Crippen LogP contribution is 2.40. The Kier molecular flexibility index (Phi) is 8.40. The molecule has 0 bridgehead atoms. The van der Waals surface area contributed by atoms with Crippen molar-refractivity contribution in [2.24, 2.45) is 16.5 Å². The molecule has 7 N–H and O–H groups in total. The van der Waals surface area contributed by atoms with Crippen molar-refractivity contribution < 1.29 is 38.1 Å². The first-order valence-corrected chi connectivity index (χ1v) is 12.4. The molecule has 1 aromatic heterocycles. The number of amidine groups is 2. The van der Waals surface area contributed by atoms with Gasteiger partial charge in [-0.1, -0.05) is 12.1 Å². The third kappa shape index (κ3) is 6.14. The number of phenolic OH excluding ortho intramolecular Hbond substituents is 1. The molecular formula is C27H27F2N7O6. The van der Waals surface area contributed by atoms with E-state index in [9.17, 15) is 19.8 Å². The van der Waals surface area contributed by atoms with Crippen molar-refractivity contribution in [3.8, 4) is 29.0 Å². The van der Waals surface area contributed by atoms with Crippen molar-refractivity contribution >= 4 is 29.2 Å². The Morgan fingerprint density at radius 1 is 1.14 bits per heavy atom. The van der Waals surface area contributed by atoms with E-state index in [1.54, 1.807) is 18.2 Å². The number of primary amides is 1. The second-order valence-electron chi connectivity index (χ2n) is 9.29. The average molecular weight is 584 g/mol. The van der Waals surface area contributed by atoms with Gasteiger partial charge in [0.25, 0.3) is 11.8 Å². The Labute approximate surface area is 238 Å². The molecule has 0 radical (unpaired) electrons. The molecule has 0 spiro atoms. The van der Waals surface area contributed by atoms with Crippen molar-refractivity contribution in [3.05, 3.63) is 65.2 Å². The Morgan fingerprint density at radius 2 is 1.83 bits per heavy atom. The zero-order chi connectivity index (χ0) is 30.7. The Balaban J connectivity index is 1.84. The van der Waals surface area contributed by atoms with Crippen LogP contribution in [-0.2, 0) is 9.59 Å². The molecule has 220 valence electrons. The maximum Gasteiger partial charge on any atom is 0.326 e. The number of rotatable bonds is 11. The quantitative estimate of drug-likeness (QED) is 0.165. The summed E-state index contributed by atoms with van der Waals surface area (Å²) in [6, 6.07) is 8.25. The number of benzene rings is 2. The molecule has 15 heteroatoms. The summed E-state index contributed by atoms with van der Waals surface area (Å²) in [5.41, 5.74) is 10.5. The van der Waals surface area contributed by atoms with Crippen LogP contribution in [0.15, 0.2) is 47.5 Å². The van der Waals surface area contributed by atoms with Crippen LogP contribution in [0.25, 0.3) is 0 Å². The molecular weight excluding hydrogens is 556 g/mol. The third-order valence-electron chi connectivity index (χ3n) is 6.34. The lowest BCUT2D eigenvalue weighted by molar-refractivity contribution is -0.140. The molecule has 2 aromatic carbocycles. The van der Waals surface area contributed by atoms with Crippen molar-refractivity contribution in [2.75, 3.05) is 32.1 Å². The lowest BCUT2D eigenvalue weighted by Crippen LogP contribution is -2.42. The number of aromatic hydroxyl groups is 1. The minimum atomic E-state index is -1.77. The zero-order valence-electron chi connectivity index (χ0n) is 22.5. The highest BCUT2D eigenvalue weighted by atomic mass is 19.1. The van der Waals surface area contributed by atoms with Crippen LogP contribution in [0, 0.1) is 17.0 Å². The highest BCUT2D eigenvalue weighted by molar-refractivity contribution is 6.00. The van der Waals surface area contributed by atoms with Gasteiger partial charge >= 0.3 is 5.97 Å². The number of nitrogens with two attached hydrogens (primary N) is 2. The summed E-state index contributed by atoms with van der Waals surface area (Å²) >= 11 is 0. The van der Waals surface area contributed by atoms with Crippen LogP contribution in [0.5, 0.6) is 29.0 Å². The largest absolute Gasteiger partial charge is 0.504 e. The zero-order valence-corrected chi connectivity index (χ0v) is 22.5. The van der Waals surface area contributed by atoms with Crippen LogP contribution >= 0.6 is 0 Å². The number of carboxylic acids is 1. The molecule has 2 heterocycles. The number of likely N-dealkylation sites (N-methyl/N-ethyl adjacent to an activating group) is 2. The number of halogens is 2. The number of hydrogen-bond acceptors (Lipinski definition) is 10. The first kappa shape index (κ1) is 29.5. The molecule has 1 amide bonds. The molecule has 1 atom stereocenters. The SMILES string of the molecule is CN1CCN=C1c1cccc(Oc2nc(Oc3cc(C(=N)N)ccc3O)c(F)c(N(C)C(CC(N)=O)C(=O)O)c2F)c1. The second kappa shape index (κ2) is 12.0. The molecule has 0 saturated carbocycles. The number of aromatic nitrogens is 1. The molecule has 0 saturated heterocycles. The lowest BCUT2D eigenvalue weighted by atomic mass is 10.1. The van der Waals surface area contributed by atoms with Gasteiger partial charge in [0.1, 0.15) is 29.1 Å². The highest BCUT2D eigenvalue weighted by Gasteiger charge is 2.33.